The Morgan fingerprint density at radius 1 is 1.29 bits per heavy atom. The Hall–Kier alpha value is -2.18. The van der Waals surface area contributed by atoms with Crippen LogP contribution in [0.15, 0.2) is 36.4 Å². The molecule has 1 heterocycles. The van der Waals surface area contributed by atoms with Gasteiger partial charge in [-0.15, -0.1) is 0 Å². The first kappa shape index (κ1) is 13.8. The highest BCUT2D eigenvalue weighted by Crippen LogP contribution is 2.28. The highest BCUT2D eigenvalue weighted by atomic mass is 35.5. The number of nitrogens with zero attached hydrogens (tertiary/aromatic N) is 1. The van der Waals surface area contributed by atoms with Crippen molar-refractivity contribution in [2.75, 3.05) is 11.1 Å². The maximum atomic E-state index is 13.6. The van der Waals surface area contributed by atoms with Crippen molar-refractivity contribution < 1.29 is 9.18 Å². The summed E-state index contributed by atoms with van der Waals surface area (Å²) in [6, 6.07) is 9.06. The third-order valence-electron chi connectivity index (χ3n) is 2.81. The molecule has 3 rings (SSSR count). The van der Waals surface area contributed by atoms with E-state index in [1.54, 1.807) is 18.2 Å². The van der Waals surface area contributed by atoms with E-state index in [-0.39, 0.29) is 5.56 Å². The number of nitrogens with two attached hydrogens (primary N) is 1. The molecule has 0 aliphatic carbocycles. The summed E-state index contributed by atoms with van der Waals surface area (Å²) in [6.07, 6.45) is 0. The number of anilines is 2. The fourth-order valence-electron chi connectivity index (χ4n) is 1.83. The standard InChI is InChI=1S/C14H9ClFN3OS/c15-7-1-3-10(16)9(5-7)13(20)19-14-18-11-4-2-8(17)6-12(11)21-14/h1-6H,17H2,(H,18,19,20). The molecule has 106 valence electrons. The fourth-order valence-corrected chi connectivity index (χ4v) is 2.91. The first-order valence-electron chi connectivity index (χ1n) is 5.95. The summed E-state index contributed by atoms with van der Waals surface area (Å²) in [5, 5.41) is 3.23. The molecule has 0 unspecified atom stereocenters. The van der Waals surface area contributed by atoms with Crippen LogP contribution >= 0.6 is 22.9 Å². The number of hydrogen-bond donors (Lipinski definition) is 2. The van der Waals surface area contributed by atoms with Crippen LogP contribution in [0, 0.1) is 5.82 Å². The van der Waals surface area contributed by atoms with E-state index in [1.807, 2.05) is 0 Å². The number of carbonyl (C=O) groups excluding carboxylic acids is 1. The molecule has 0 aliphatic heterocycles. The van der Waals surface area contributed by atoms with Crippen molar-refractivity contribution in [3.63, 3.8) is 0 Å². The van der Waals surface area contributed by atoms with Crippen molar-refractivity contribution in [1.29, 1.82) is 0 Å². The molecule has 0 fully saturated rings. The molecule has 3 aromatic rings. The van der Waals surface area contributed by atoms with Crippen LogP contribution < -0.4 is 11.1 Å². The van der Waals surface area contributed by atoms with E-state index in [0.29, 0.717) is 15.8 Å². The number of nitrogen functional groups attached to an aromatic ring is 1. The smallest absolute Gasteiger partial charge is 0.260 e. The molecule has 0 spiro atoms. The molecule has 7 heteroatoms. The number of benzene rings is 2. The lowest BCUT2D eigenvalue weighted by atomic mass is 10.2. The predicted molar refractivity (Wildman–Crippen MR) is 83.4 cm³/mol. The van der Waals surface area contributed by atoms with Gasteiger partial charge in [0.05, 0.1) is 15.8 Å². The van der Waals surface area contributed by atoms with Gasteiger partial charge in [-0.1, -0.05) is 22.9 Å². The van der Waals surface area contributed by atoms with Crippen molar-refractivity contribution >= 4 is 49.9 Å². The van der Waals surface area contributed by atoms with Gasteiger partial charge in [0.2, 0.25) is 0 Å². The topological polar surface area (TPSA) is 68.0 Å². The lowest BCUT2D eigenvalue weighted by Crippen LogP contribution is -2.13. The first-order chi connectivity index (χ1) is 10.0. The van der Waals surface area contributed by atoms with Crippen LogP contribution in [0.4, 0.5) is 15.2 Å². The third-order valence-corrected chi connectivity index (χ3v) is 3.97. The Morgan fingerprint density at radius 2 is 2.10 bits per heavy atom. The minimum atomic E-state index is -0.637. The SMILES string of the molecule is Nc1ccc2nc(NC(=O)c3cc(Cl)ccc3F)sc2c1. The molecular weight excluding hydrogens is 313 g/mol. The minimum absolute atomic E-state index is 0.124. The first-order valence-corrected chi connectivity index (χ1v) is 7.15. The highest BCUT2D eigenvalue weighted by Gasteiger charge is 2.14. The Labute approximate surface area is 128 Å². The average Bonchev–Trinajstić information content (AvgIpc) is 2.82. The molecule has 0 atom stereocenters. The van der Waals surface area contributed by atoms with Gasteiger partial charge in [-0.05, 0) is 36.4 Å². The van der Waals surface area contributed by atoms with Gasteiger partial charge in [0.15, 0.2) is 5.13 Å². The summed E-state index contributed by atoms with van der Waals surface area (Å²) < 4.78 is 14.5. The second kappa shape index (κ2) is 5.31. The normalized spacial score (nSPS) is 10.8. The summed E-state index contributed by atoms with van der Waals surface area (Å²) in [6.45, 7) is 0. The molecule has 21 heavy (non-hydrogen) atoms. The van der Waals surface area contributed by atoms with Crippen LogP contribution in [0.1, 0.15) is 10.4 Å². The van der Waals surface area contributed by atoms with Crippen LogP contribution in [0.5, 0.6) is 0 Å². The number of aromatic nitrogens is 1. The lowest BCUT2D eigenvalue weighted by Gasteiger charge is -2.03. The molecule has 1 amide bonds. The zero-order valence-corrected chi connectivity index (χ0v) is 12.1. The summed E-state index contributed by atoms with van der Waals surface area (Å²) in [4.78, 5) is 16.3. The lowest BCUT2D eigenvalue weighted by molar-refractivity contribution is 0.102. The number of amides is 1. The number of thiazole rings is 1. The second-order valence-corrected chi connectivity index (χ2v) is 5.79. The molecule has 0 aliphatic rings. The van der Waals surface area contributed by atoms with Gasteiger partial charge >= 0.3 is 0 Å². The van der Waals surface area contributed by atoms with Crippen molar-refractivity contribution in [2.45, 2.75) is 0 Å². The predicted octanol–water partition coefficient (Wildman–Crippen LogP) is 3.92. The van der Waals surface area contributed by atoms with Gasteiger partial charge in [-0.3, -0.25) is 10.1 Å². The van der Waals surface area contributed by atoms with Gasteiger partial charge in [0.25, 0.3) is 5.91 Å². The van der Waals surface area contributed by atoms with E-state index in [9.17, 15) is 9.18 Å². The van der Waals surface area contributed by atoms with Crippen molar-refractivity contribution in [2.24, 2.45) is 0 Å². The third kappa shape index (κ3) is 2.81. The summed E-state index contributed by atoms with van der Waals surface area (Å²) in [5.41, 5.74) is 6.90. The van der Waals surface area contributed by atoms with E-state index < -0.39 is 11.7 Å². The largest absolute Gasteiger partial charge is 0.399 e. The van der Waals surface area contributed by atoms with Crippen molar-refractivity contribution in [3.8, 4) is 0 Å². The maximum absolute atomic E-state index is 13.6. The second-order valence-electron chi connectivity index (χ2n) is 4.32. The Morgan fingerprint density at radius 3 is 2.90 bits per heavy atom. The van der Waals surface area contributed by atoms with Crippen LogP contribution in [0.25, 0.3) is 10.2 Å². The van der Waals surface area contributed by atoms with Crippen LogP contribution in [0.2, 0.25) is 5.02 Å². The summed E-state index contributed by atoms with van der Waals surface area (Å²) in [5.74, 6) is -1.23. The minimum Gasteiger partial charge on any atom is -0.399 e. The van der Waals surface area contributed by atoms with Gasteiger partial charge < -0.3 is 5.73 Å². The van der Waals surface area contributed by atoms with Crippen molar-refractivity contribution in [1.82, 2.24) is 4.98 Å². The highest BCUT2D eigenvalue weighted by molar-refractivity contribution is 7.22. The van der Waals surface area contributed by atoms with E-state index >= 15 is 0 Å². The number of nitrogens with one attached hydrogen (secondary N) is 1. The number of hydrogen-bond acceptors (Lipinski definition) is 4. The van der Waals surface area contributed by atoms with Crippen LogP contribution in [-0.2, 0) is 0 Å². The zero-order chi connectivity index (χ0) is 15.0. The molecule has 2 aromatic carbocycles. The number of fused-ring (bicyclic) bond motifs is 1. The maximum Gasteiger partial charge on any atom is 0.260 e. The molecule has 0 bridgehead atoms. The fraction of sp³-hybridized carbons (Fsp3) is 0. The van der Waals surface area contributed by atoms with Gasteiger partial charge in [-0.2, -0.15) is 0 Å². The molecule has 4 nitrogen and oxygen atoms in total. The zero-order valence-electron chi connectivity index (χ0n) is 10.6. The molecule has 0 radical (unpaired) electrons. The Kier molecular flexibility index (Phi) is 3.48. The molecular formula is C14H9ClFN3OS. The van der Waals surface area contributed by atoms with E-state index in [2.05, 4.69) is 10.3 Å². The monoisotopic (exact) mass is 321 g/mol. The van der Waals surface area contributed by atoms with Gasteiger partial charge in [0, 0.05) is 10.7 Å². The molecule has 0 saturated carbocycles. The van der Waals surface area contributed by atoms with Gasteiger partial charge in [-0.25, -0.2) is 9.37 Å². The summed E-state index contributed by atoms with van der Waals surface area (Å²) in [7, 11) is 0. The van der Waals surface area contributed by atoms with Crippen LogP contribution in [-0.4, -0.2) is 10.9 Å². The number of rotatable bonds is 2. The molecule has 0 saturated heterocycles. The number of halogens is 2. The quantitative estimate of drug-likeness (QED) is 0.703. The van der Waals surface area contributed by atoms with Crippen LogP contribution in [0.3, 0.4) is 0 Å². The van der Waals surface area contributed by atoms with E-state index in [0.717, 1.165) is 16.3 Å². The van der Waals surface area contributed by atoms with E-state index in [1.165, 1.54) is 23.5 Å². The Bertz CT molecular complexity index is 849. The molecule has 3 N–H and O–H groups in total. The number of carbonyl (C=O) groups is 1. The average molecular weight is 322 g/mol. The van der Waals surface area contributed by atoms with E-state index in [4.69, 9.17) is 17.3 Å². The van der Waals surface area contributed by atoms with Crippen molar-refractivity contribution in [3.05, 3.63) is 52.8 Å². The summed E-state index contributed by atoms with van der Waals surface area (Å²) >= 11 is 7.04. The molecule has 1 aromatic heterocycles. The Balaban J connectivity index is 1.90. The van der Waals surface area contributed by atoms with Gasteiger partial charge in [0.1, 0.15) is 5.82 Å².